The Morgan fingerprint density at radius 1 is 1.35 bits per heavy atom. The van der Waals surface area contributed by atoms with Crippen molar-refractivity contribution in [1.82, 2.24) is 24.6 Å². The summed E-state index contributed by atoms with van der Waals surface area (Å²) in [5.41, 5.74) is 1.86. The number of benzene rings is 1. The minimum Gasteiger partial charge on any atom is -0.356 e. The Labute approximate surface area is 155 Å². The second-order valence-corrected chi connectivity index (χ2v) is 6.62. The number of nitrogens with one attached hydrogen (secondary N) is 1. The molecule has 26 heavy (non-hydrogen) atoms. The first-order chi connectivity index (χ1) is 12.5. The lowest BCUT2D eigenvalue weighted by Gasteiger charge is -2.08. The van der Waals surface area contributed by atoms with Gasteiger partial charge in [0, 0.05) is 36.1 Å². The summed E-state index contributed by atoms with van der Waals surface area (Å²) in [6.07, 6.45) is 4.07. The van der Waals surface area contributed by atoms with E-state index in [0.29, 0.717) is 29.4 Å². The van der Waals surface area contributed by atoms with Gasteiger partial charge in [0.1, 0.15) is 0 Å². The summed E-state index contributed by atoms with van der Waals surface area (Å²) >= 11 is 6.03. The van der Waals surface area contributed by atoms with Gasteiger partial charge in [-0.2, -0.15) is 5.10 Å². The van der Waals surface area contributed by atoms with Crippen LogP contribution < -0.4 is 10.9 Å². The summed E-state index contributed by atoms with van der Waals surface area (Å²) in [5, 5.41) is 8.91. The number of halogens is 1. The number of aryl methyl sites for hydroxylation is 2. The van der Waals surface area contributed by atoms with Crippen LogP contribution in [0.25, 0.3) is 10.9 Å². The van der Waals surface area contributed by atoms with Crippen molar-refractivity contribution in [1.29, 1.82) is 0 Å². The lowest BCUT2D eigenvalue weighted by atomic mass is 10.2. The highest BCUT2D eigenvalue weighted by Gasteiger charge is 2.10. The Morgan fingerprint density at radius 2 is 2.15 bits per heavy atom. The molecule has 7 nitrogen and oxygen atoms in total. The van der Waals surface area contributed by atoms with E-state index in [1.165, 1.54) is 10.9 Å². The lowest BCUT2D eigenvalue weighted by molar-refractivity contribution is -0.120. The Morgan fingerprint density at radius 3 is 2.96 bits per heavy atom. The topological polar surface area (TPSA) is 81.8 Å². The van der Waals surface area contributed by atoms with Gasteiger partial charge in [-0.1, -0.05) is 11.6 Å². The predicted octanol–water partition coefficient (Wildman–Crippen LogP) is 1.84. The standard InChI is InChI=1S/C18H20ClN5O2/c1-12-15(21-11-23(2)18(12)26)9-17(25)20-6-3-7-24-16-8-14(19)5-4-13(16)10-22-24/h4-5,8,10-11H,3,6-7,9H2,1-2H3,(H,20,25). The highest BCUT2D eigenvalue weighted by atomic mass is 35.5. The summed E-state index contributed by atoms with van der Waals surface area (Å²) in [4.78, 5) is 28.1. The van der Waals surface area contributed by atoms with Crippen molar-refractivity contribution in [3.8, 4) is 0 Å². The third-order valence-corrected chi connectivity index (χ3v) is 4.50. The number of fused-ring (bicyclic) bond motifs is 1. The van der Waals surface area contributed by atoms with E-state index in [1.807, 2.05) is 22.9 Å². The minimum absolute atomic E-state index is 0.0994. The molecular weight excluding hydrogens is 354 g/mol. The van der Waals surface area contributed by atoms with Gasteiger partial charge in [0.2, 0.25) is 5.91 Å². The van der Waals surface area contributed by atoms with Gasteiger partial charge in [0.25, 0.3) is 5.56 Å². The van der Waals surface area contributed by atoms with Crippen LogP contribution in [0.15, 0.2) is 35.5 Å². The second kappa shape index (κ2) is 7.70. The van der Waals surface area contributed by atoms with Gasteiger partial charge in [-0.15, -0.1) is 0 Å². The molecule has 0 aliphatic rings. The first kappa shape index (κ1) is 18.1. The van der Waals surface area contributed by atoms with E-state index >= 15 is 0 Å². The maximum Gasteiger partial charge on any atom is 0.256 e. The average Bonchev–Trinajstić information content (AvgIpc) is 3.01. The zero-order valence-corrected chi connectivity index (χ0v) is 15.5. The maximum atomic E-state index is 12.1. The largest absolute Gasteiger partial charge is 0.356 e. The molecule has 8 heteroatoms. The average molecular weight is 374 g/mol. The number of aromatic nitrogens is 4. The summed E-state index contributed by atoms with van der Waals surface area (Å²) in [7, 11) is 1.64. The molecule has 1 N–H and O–H groups in total. The molecule has 0 saturated heterocycles. The Bertz CT molecular complexity index is 1010. The van der Waals surface area contributed by atoms with Gasteiger partial charge in [0.05, 0.1) is 30.2 Å². The first-order valence-corrected chi connectivity index (χ1v) is 8.72. The molecule has 0 aliphatic heterocycles. The van der Waals surface area contributed by atoms with Crippen LogP contribution >= 0.6 is 11.6 Å². The number of hydrogen-bond donors (Lipinski definition) is 1. The third-order valence-electron chi connectivity index (χ3n) is 4.26. The maximum absolute atomic E-state index is 12.1. The van der Waals surface area contributed by atoms with Crippen molar-refractivity contribution < 1.29 is 4.79 Å². The number of nitrogens with zero attached hydrogens (tertiary/aromatic N) is 4. The van der Waals surface area contributed by atoms with Gasteiger partial charge in [0.15, 0.2) is 0 Å². The van der Waals surface area contributed by atoms with E-state index < -0.39 is 0 Å². The van der Waals surface area contributed by atoms with E-state index in [4.69, 9.17) is 11.6 Å². The van der Waals surface area contributed by atoms with Crippen molar-refractivity contribution in [3.63, 3.8) is 0 Å². The fourth-order valence-corrected chi connectivity index (χ4v) is 2.93. The monoisotopic (exact) mass is 373 g/mol. The van der Waals surface area contributed by atoms with Crippen LogP contribution in [0.3, 0.4) is 0 Å². The molecule has 2 heterocycles. The molecule has 1 aromatic carbocycles. The molecule has 0 bridgehead atoms. The van der Waals surface area contributed by atoms with E-state index in [2.05, 4.69) is 15.4 Å². The normalized spacial score (nSPS) is 11.0. The molecule has 1 amide bonds. The number of carbonyl (C=O) groups excluding carboxylic acids is 1. The molecule has 0 saturated carbocycles. The first-order valence-electron chi connectivity index (χ1n) is 8.34. The van der Waals surface area contributed by atoms with Gasteiger partial charge in [-0.05, 0) is 31.5 Å². The zero-order chi connectivity index (χ0) is 18.7. The molecule has 0 spiro atoms. The molecule has 0 fully saturated rings. The van der Waals surface area contributed by atoms with E-state index in [1.54, 1.807) is 20.2 Å². The number of amides is 1. The summed E-state index contributed by atoms with van der Waals surface area (Å²) < 4.78 is 3.28. The van der Waals surface area contributed by atoms with Crippen molar-refractivity contribution in [2.45, 2.75) is 26.3 Å². The molecule has 0 atom stereocenters. The van der Waals surface area contributed by atoms with Crippen LogP contribution in [-0.2, 0) is 24.8 Å². The van der Waals surface area contributed by atoms with Crippen LogP contribution in [0.5, 0.6) is 0 Å². The van der Waals surface area contributed by atoms with Gasteiger partial charge < -0.3 is 9.88 Å². The fraction of sp³-hybridized carbons (Fsp3) is 0.333. The molecule has 3 rings (SSSR count). The quantitative estimate of drug-likeness (QED) is 0.668. The van der Waals surface area contributed by atoms with Crippen molar-refractivity contribution >= 4 is 28.4 Å². The number of carbonyl (C=O) groups is 1. The van der Waals surface area contributed by atoms with Gasteiger partial charge in [-0.3, -0.25) is 14.3 Å². The van der Waals surface area contributed by atoms with E-state index in [0.717, 1.165) is 17.3 Å². The lowest BCUT2D eigenvalue weighted by Crippen LogP contribution is -2.29. The fourth-order valence-electron chi connectivity index (χ4n) is 2.76. The molecular formula is C18H20ClN5O2. The molecule has 3 aromatic rings. The highest BCUT2D eigenvalue weighted by molar-refractivity contribution is 6.31. The van der Waals surface area contributed by atoms with Crippen LogP contribution in [0.4, 0.5) is 0 Å². The molecule has 2 aromatic heterocycles. The smallest absolute Gasteiger partial charge is 0.256 e. The third kappa shape index (κ3) is 3.94. The van der Waals surface area contributed by atoms with Crippen molar-refractivity contribution in [2.75, 3.05) is 6.54 Å². The molecule has 0 aliphatic carbocycles. The van der Waals surface area contributed by atoms with E-state index in [9.17, 15) is 9.59 Å². The SMILES string of the molecule is Cc1c(CC(=O)NCCCn2ncc3ccc(Cl)cc32)ncn(C)c1=O. The summed E-state index contributed by atoms with van der Waals surface area (Å²) in [5.74, 6) is -0.151. The van der Waals surface area contributed by atoms with Crippen LogP contribution in [0.2, 0.25) is 5.02 Å². The molecule has 0 radical (unpaired) electrons. The molecule has 0 unspecified atom stereocenters. The van der Waals surface area contributed by atoms with Gasteiger partial charge >= 0.3 is 0 Å². The Balaban J connectivity index is 1.52. The predicted molar refractivity (Wildman–Crippen MR) is 100 cm³/mol. The van der Waals surface area contributed by atoms with Gasteiger partial charge in [-0.25, -0.2) is 4.98 Å². The molecule has 136 valence electrons. The Kier molecular flexibility index (Phi) is 5.37. The number of rotatable bonds is 6. The van der Waals surface area contributed by atoms with Crippen molar-refractivity contribution in [2.24, 2.45) is 7.05 Å². The number of hydrogen-bond acceptors (Lipinski definition) is 4. The zero-order valence-electron chi connectivity index (χ0n) is 14.7. The van der Waals surface area contributed by atoms with Crippen LogP contribution in [0, 0.1) is 6.92 Å². The summed E-state index contributed by atoms with van der Waals surface area (Å²) in [6, 6.07) is 5.65. The summed E-state index contributed by atoms with van der Waals surface area (Å²) in [6.45, 7) is 2.88. The second-order valence-electron chi connectivity index (χ2n) is 6.18. The minimum atomic E-state index is -0.151. The van der Waals surface area contributed by atoms with Crippen LogP contribution in [-0.4, -0.2) is 31.8 Å². The highest BCUT2D eigenvalue weighted by Crippen LogP contribution is 2.19. The Hall–Kier alpha value is -2.67. The van der Waals surface area contributed by atoms with E-state index in [-0.39, 0.29) is 17.9 Å². The van der Waals surface area contributed by atoms with Crippen molar-refractivity contribution in [3.05, 3.63) is 57.4 Å². The van der Waals surface area contributed by atoms with Crippen LogP contribution in [0.1, 0.15) is 17.7 Å².